The van der Waals surface area contributed by atoms with Crippen molar-refractivity contribution in [1.29, 1.82) is 0 Å². The van der Waals surface area contributed by atoms with Gasteiger partial charge in [-0.2, -0.15) is 0 Å². The van der Waals surface area contributed by atoms with E-state index in [1.54, 1.807) is 24.3 Å². The molecule has 0 spiro atoms. The number of carbonyl (C=O) groups excluding carboxylic acids is 3. The predicted octanol–water partition coefficient (Wildman–Crippen LogP) is 2.10. The Hall–Kier alpha value is -3.03. The summed E-state index contributed by atoms with van der Waals surface area (Å²) < 4.78 is 10.7. The molecule has 1 saturated heterocycles. The molecule has 0 atom stereocenters. The standard InChI is InChI=1S/C18H13NO6/c20-15-13-3-1-2-4-14(13)16(21)19(15)25-17(22)11-5-7-12(8-6-11)18-23-9-10-24-18/h1-8,18H,9-10H2. The van der Waals surface area contributed by atoms with Crippen molar-refractivity contribution in [1.82, 2.24) is 5.06 Å². The molecule has 2 aromatic carbocycles. The van der Waals surface area contributed by atoms with Crippen LogP contribution in [0.25, 0.3) is 0 Å². The number of hydroxylamine groups is 2. The van der Waals surface area contributed by atoms with Crippen LogP contribution in [0.1, 0.15) is 42.9 Å². The van der Waals surface area contributed by atoms with Crippen molar-refractivity contribution in [3.05, 3.63) is 70.8 Å². The molecule has 2 heterocycles. The van der Waals surface area contributed by atoms with E-state index in [4.69, 9.17) is 14.3 Å². The van der Waals surface area contributed by atoms with Crippen LogP contribution in [0.5, 0.6) is 0 Å². The minimum Gasteiger partial charge on any atom is -0.346 e. The highest BCUT2D eigenvalue weighted by atomic mass is 16.7. The lowest BCUT2D eigenvalue weighted by molar-refractivity contribution is -0.0585. The van der Waals surface area contributed by atoms with Crippen LogP contribution in [0, 0.1) is 0 Å². The average molecular weight is 339 g/mol. The molecule has 1 fully saturated rings. The molecule has 0 unspecified atom stereocenters. The van der Waals surface area contributed by atoms with Crippen LogP contribution >= 0.6 is 0 Å². The third kappa shape index (κ3) is 2.69. The molecular formula is C18H13NO6. The number of benzene rings is 2. The number of hydrogen-bond acceptors (Lipinski definition) is 6. The van der Waals surface area contributed by atoms with Crippen LogP contribution in [0.3, 0.4) is 0 Å². The van der Waals surface area contributed by atoms with Gasteiger partial charge >= 0.3 is 5.97 Å². The Bertz CT molecular complexity index is 819. The van der Waals surface area contributed by atoms with Crippen LogP contribution in [-0.2, 0) is 14.3 Å². The molecule has 7 heteroatoms. The van der Waals surface area contributed by atoms with Crippen molar-refractivity contribution < 1.29 is 28.7 Å². The van der Waals surface area contributed by atoms with Crippen LogP contribution < -0.4 is 0 Å². The minimum absolute atomic E-state index is 0.207. The van der Waals surface area contributed by atoms with Crippen molar-refractivity contribution in [2.45, 2.75) is 6.29 Å². The van der Waals surface area contributed by atoms with E-state index >= 15 is 0 Å². The van der Waals surface area contributed by atoms with Gasteiger partial charge in [-0.25, -0.2) is 4.79 Å². The molecule has 0 aliphatic carbocycles. The molecule has 0 N–H and O–H groups in total. The maximum Gasteiger partial charge on any atom is 0.363 e. The third-order valence-corrected chi connectivity index (χ3v) is 3.97. The second kappa shape index (κ2) is 6.12. The Morgan fingerprint density at radius 2 is 1.48 bits per heavy atom. The lowest BCUT2D eigenvalue weighted by Gasteiger charge is -2.13. The van der Waals surface area contributed by atoms with Crippen molar-refractivity contribution in [3.63, 3.8) is 0 Å². The van der Waals surface area contributed by atoms with Gasteiger partial charge in [0.2, 0.25) is 0 Å². The van der Waals surface area contributed by atoms with Crippen molar-refractivity contribution in [2.75, 3.05) is 13.2 Å². The number of imide groups is 1. The van der Waals surface area contributed by atoms with Crippen LogP contribution in [0.15, 0.2) is 48.5 Å². The molecule has 126 valence electrons. The molecule has 0 saturated carbocycles. The summed E-state index contributed by atoms with van der Waals surface area (Å²) in [5, 5.41) is 0.490. The Labute approximate surface area is 142 Å². The van der Waals surface area contributed by atoms with Crippen LogP contribution in [0.2, 0.25) is 0 Å². The highest BCUT2D eigenvalue weighted by Gasteiger charge is 2.38. The van der Waals surface area contributed by atoms with E-state index in [1.165, 1.54) is 24.3 Å². The molecule has 4 rings (SSSR count). The highest BCUT2D eigenvalue weighted by molar-refractivity contribution is 6.21. The minimum atomic E-state index is -0.797. The molecule has 2 aliphatic heterocycles. The van der Waals surface area contributed by atoms with Gasteiger partial charge < -0.3 is 14.3 Å². The second-order valence-corrected chi connectivity index (χ2v) is 5.52. The average Bonchev–Trinajstić information content (AvgIpc) is 3.26. The molecule has 25 heavy (non-hydrogen) atoms. The first-order chi connectivity index (χ1) is 12.1. The molecule has 2 aliphatic rings. The first-order valence-corrected chi connectivity index (χ1v) is 7.68. The quantitative estimate of drug-likeness (QED) is 0.797. The maximum atomic E-state index is 12.2. The zero-order valence-corrected chi connectivity index (χ0v) is 13.0. The van der Waals surface area contributed by atoms with Crippen LogP contribution in [-0.4, -0.2) is 36.1 Å². The summed E-state index contributed by atoms with van der Waals surface area (Å²) in [4.78, 5) is 41.6. The number of ether oxygens (including phenoxy) is 2. The number of hydrogen-bond donors (Lipinski definition) is 0. The smallest absolute Gasteiger partial charge is 0.346 e. The van der Waals surface area contributed by atoms with E-state index in [2.05, 4.69) is 0 Å². The largest absolute Gasteiger partial charge is 0.363 e. The van der Waals surface area contributed by atoms with Gasteiger partial charge in [0.15, 0.2) is 6.29 Å². The number of nitrogens with zero attached hydrogens (tertiary/aromatic N) is 1. The van der Waals surface area contributed by atoms with E-state index < -0.39 is 24.1 Å². The fourth-order valence-electron chi connectivity index (χ4n) is 2.71. The highest BCUT2D eigenvalue weighted by Crippen LogP contribution is 2.25. The molecule has 0 radical (unpaired) electrons. The summed E-state index contributed by atoms with van der Waals surface area (Å²) in [7, 11) is 0. The third-order valence-electron chi connectivity index (χ3n) is 3.97. The van der Waals surface area contributed by atoms with Crippen molar-refractivity contribution in [3.8, 4) is 0 Å². The van der Waals surface area contributed by atoms with Gasteiger partial charge in [0.25, 0.3) is 11.8 Å². The van der Waals surface area contributed by atoms with E-state index in [0.717, 1.165) is 5.56 Å². The summed E-state index contributed by atoms with van der Waals surface area (Å²) in [6.45, 7) is 1.04. The summed E-state index contributed by atoms with van der Waals surface area (Å²) in [5.41, 5.74) is 1.41. The fourth-order valence-corrected chi connectivity index (χ4v) is 2.71. The second-order valence-electron chi connectivity index (χ2n) is 5.52. The molecule has 2 aromatic rings. The SMILES string of the molecule is O=C(ON1C(=O)c2ccccc2C1=O)c1ccc(C2OCCO2)cc1. The van der Waals surface area contributed by atoms with Crippen molar-refractivity contribution in [2.24, 2.45) is 0 Å². The summed E-state index contributed by atoms with van der Waals surface area (Å²) in [6, 6.07) is 12.7. The zero-order valence-electron chi connectivity index (χ0n) is 13.0. The predicted molar refractivity (Wildman–Crippen MR) is 83.4 cm³/mol. The molecule has 7 nitrogen and oxygen atoms in total. The molecular weight excluding hydrogens is 326 g/mol. The number of fused-ring (bicyclic) bond motifs is 1. The summed E-state index contributed by atoms with van der Waals surface area (Å²) in [5.74, 6) is -2.11. The van der Waals surface area contributed by atoms with Gasteiger partial charge in [-0.3, -0.25) is 9.59 Å². The number of carbonyl (C=O) groups is 3. The van der Waals surface area contributed by atoms with Gasteiger partial charge in [0, 0.05) is 5.56 Å². The molecule has 0 aromatic heterocycles. The number of rotatable bonds is 3. The van der Waals surface area contributed by atoms with Gasteiger partial charge in [-0.1, -0.05) is 29.3 Å². The monoisotopic (exact) mass is 339 g/mol. The summed E-state index contributed by atoms with van der Waals surface area (Å²) in [6.07, 6.45) is -0.443. The van der Waals surface area contributed by atoms with Gasteiger partial charge in [0.1, 0.15) is 0 Å². The maximum absolute atomic E-state index is 12.2. The summed E-state index contributed by atoms with van der Waals surface area (Å²) >= 11 is 0. The van der Waals surface area contributed by atoms with Gasteiger partial charge in [-0.05, 0) is 24.3 Å². The Morgan fingerprint density at radius 3 is 2.04 bits per heavy atom. The van der Waals surface area contributed by atoms with E-state index in [0.29, 0.717) is 18.3 Å². The topological polar surface area (TPSA) is 82.1 Å². The first-order valence-electron chi connectivity index (χ1n) is 7.68. The van der Waals surface area contributed by atoms with E-state index in [1.807, 2.05) is 0 Å². The fraction of sp³-hybridized carbons (Fsp3) is 0.167. The van der Waals surface area contributed by atoms with E-state index in [-0.39, 0.29) is 16.7 Å². The zero-order chi connectivity index (χ0) is 17.4. The molecule has 0 bridgehead atoms. The Balaban J connectivity index is 1.49. The molecule has 2 amide bonds. The van der Waals surface area contributed by atoms with Crippen LogP contribution in [0.4, 0.5) is 0 Å². The lowest BCUT2D eigenvalue weighted by Crippen LogP contribution is -2.32. The van der Waals surface area contributed by atoms with Gasteiger partial charge in [0.05, 0.1) is 29.9 Å². The Morgan fingerprint density at radius 1 is 0.920 bits per heavy atom. The van der Waals surface area contributed by atoms with Gasteiger partial charge in [-0.15, -0.1) is 0 Å². The van der Waals surface area contributed by atoms with E-state index in [9.17, 15) is 14.4 Å². The lowest BCUT2D eigenvalue weighted by atomic mass is 10.1. The first kappa shape index (κ1) is 15.5. The van der Waals surface area contributed by atoms with Crippen molar-refractivity contribution >= 4 is 17.8 Å². The normalized spacial score (nSPS) is 17.0. The number of amides is 2. The Kier molecular flexibility index (Phi) is 3.79.